The van der Waals surface area contributed by atoms with Crippen molar-refractivity contribution in [2.24, 2.45) is 0 Å². The minimum Gasteiger partial charge on any atom is -0.356 e. The molecule has 0 saturated carbocycles. The van der Waals surface area contributed by atoms with Crippen LogP contribution >= 0.6 is 22.6 Å². The maximum absolute atomic E-state index is 12.5. The fourth-order valence-corrected chi connectivity index (χ4v) is 2.28. The minimum atomic E-state index is -4.32. The van der Waals surface area contributed by atoms with E-state index in [9.17, 15) is 13.2 Å². The first-order valence-electron chi connectivity index (χ1n) is 5.62. The van der Waals surface area contributed by atoms with Crippen molar-refractivity contribution in [2.75, 3.05) is 4.43 Å². The lowest BCUT2D eigenvalue weighted by molar-refractivity contribution is -0.137. The summed E-state index contributed by atoms with van der Waals surface area (Å²) >= 11 is 2.24. The summed E-state index contributed by atoms with van der Waals surface area (Å²) in [6.45, 7) is 1.87. The Morgan fingerprint density at radius 3 is 2.37 bits per heavy atom. The van der Waals surface area contributed by atoms with Gasteiger partial charge in [0.1, 0.15) is 0 Å². The molecule has 1 aromatic carbocycles. The topological polar surface area (TPSA) is 26.0 Å². The summed E-state index contributed by atoms with van der Waals surface area (Å²) in [5.41, 5.74) is 1.68. The lowest BCUT2D eigenvalue weighted by Gasteiger charge is -2.06. The summed E-state index contributed by atoms with van der Waals surface area (Å²) < 4.78 is 43.5. The molecule has 0 amide bonds. The van der Waals surface area contributed by atoms with Gasteiger partial charge in [-0.1, -0.05) is 39.9 Å². The molecule has 102 valence electrons. The second-order valence-electron chi connectivity index (χ2n) is 4.10. The molecular weight excluding hydrogens is 370 g/mol. The molecule has 0 radical (unpaired) electrons. The third kappa shape index (κ3) is 3.10. The number of aryl methyl sites for hydroxylation is 1. The van der Waals surface area contributed by atoms with Gasteiger partial charge in [0.15, 0.2) is 5.76 Å². The van der Waals surface area contributed by atoms with E-state index in [1.807, 2.05) is 6.92 Å². The molecular formula is C13H11F3INO. The summed E-state index contributed by atoms with van der Waals surface area (Å²) in [5, 5.41) is 3.95. The normalized spacial score (nSPS) is 11.8. The molecule has 0 atom stereocenters. The van der Waals surface area contributed by atoms with Crippen LogP contribution in [0, 0.1) is 6.92 Å². The largest absolute Gasteiger partial charge is 0.416 e. The van der Waals surface area contributed by atoms with Crippen LogP contribution in [0.15, 0.2) is 28.8 Å². The van der Waals surface area contributed by atoms with E-state index in [4.69, 9.17) is 4.52 Å². The van der Waals surface area contributed by atoms with Gasteiger partial charge in [-0.3, -0.25) is 0 Å². The van der Waals surface area contributed by atoms with Crippen molar-refractivity contribution < 1.29 is 17.7 Å². The molecule has 19 heavy (non-hydrogen) atoms. The number of hydrogen-bond acceptors (Lipinski definition) is 2. The van der Waals surface area contributed by atoms with Crippen molar-refractivity contribution in [3.05, 3.63) is 41.1 Å². The standard InChI is InChI=1S/C13H11F3INO/c1-8-11(6-7-17)18-19-12(8)9-2-4-10(5-3-9)13(14,15)16/h2-5H,6-7H2,1H3. The zero-order chi connectivity index (χ0) is 14.0. The summed E-state index contributed by atoms with van der Waals surface area (Å²) in [7, 11) is 0. The van der Waals surface area contributed by atoms with Crippen LogP contribution in [0.4, 0.5) is 13.2 Å². The molecule has 2 rings (SSSR count). The highest BCUT2D eigenvalue weighted by Crippen LogP contribution is 2.32. The van der Waals surface area contributed by atoms with Crippen LogP contribution in [0.1, 0.15) is 16.8 Å². The SMILES string of the molecule is Cc1c(CCI)noc1-c1ccc(C(F)(F)F)cc1. The highest BCUT2D eigenvalue weighted by molar-refractivity contribution is 14.1. The second kappa shape index (κ2) is 5.52. The molecule has 0 aliphatic heterocycles. The first kappa shape index (κ1) is 14.4. The van der Waals surface area contributed by atoms with Gasteiger partial charge in [0, 0.05) is 22.0 Å². The van der Waals surface area contributed by atoms with Gasteiger partial charge < -0.3 is 4.52 Å². The quantitative estimate of drug-likeness (QED) is 0.572. The van der Waals surface area contributed by atoms with E-state index in [0.29, 0.717) is 11.3 Å². The van der Waals surface area contributed by atoms with Crippen LogP contribution in [-0.4, -0.2) is 9.58 Å². The smallest absolute Gasteiger partial charge is 0.356 e. The minimum absolute atomic E-state index is 0.536. The Hall–Kier alpha value is -1.05. The molecule has 2 aromatic rings. The molecule has 0 fully saturated rings. The van der Waals surface area contributed by atoms with Crippen molar-refractivity contribution in [2.45, 2.75) is 19.5 Å². The lowest BCUT2D eigenvalue weighted by atomic mass is 10.1. The number of nitrogens with zero attached hydrogens (tertiary/aromatic N) is 1. The molecule has 6 heteroatoms. The van der Waals surface area contributed by atoms with Gasteiger partial charge in [0.2, 0.25) is 0 Å². The van der Waals surface area contributed by atoms with E-state index < -0.39 is 11.7 Å². The molecule has 2 nitrogen and oxygen atoms in total. The van der Waals surface area contributed by atoms with Crippen LogP contribution in [0.5, 0.6) is 0 Å². The fraction of sp³-hybridized carbons (Fsp3) is 0.308. The van der Waals surface area contributed by atoms with Gasteiger partial charge in [-0.15, -0.1) is 0 Å². The monoisotopic (exact) mass is 381 g/mol. The first-order chi connectivity index (χ1) is 8.93. The third-order valence-electron chi connectivity index (χ3n) is 2.83. The molecule has 0 saturated heterocycles. The average Bonchev–Trinajstić information content (AvgIpc) is 2.71. The van der Waals surface area contributed by atoms with Crippen LogP contribution in [0.3, 0.4) is 0 Å². The van der Waals surface area contributed by atoms with E-state index in [0.717, 1.165) is 34.2 Å². The molecule has 1 heterocycles. The third-order valence-corrected chi connectivity index (χ3v) is 3.37. The van der Waals surface area contributed by atoms with E-state index in [2.05, 4.69) is 27.7 Å². The average molecular weight is 381 g/mol. The molecule has 0 aliphatic carbocycles. The Labute approximate surface area is 122 Å². The van der Waals surface area contributed by atoms with Crippen LogP contribution in [-0.2, 0) is 12.6 Å². The molecule has 0 unspecified atom stereocenters. The highest BCUT2D eigenvalue weighted by atomic mass is 127. The Morgan fingerprint density at radius 1 is 1.21 bits per heavy atom. The van der Waals surface area contributed by atoms with E-state index in [1.165, 1.54) is 12.1 Å². The predicted octanol–water partition coefficient (Wildman–Crippen LogP) is 4.65. The van der Waals surface area contributed by atoms with Gasteiger partial charge in [0.25, 0.3) is 0 Å². The van der Waals surface area contributed by atoms with Gasteiger partial charge in [-0.2, -0.15) is 13.2 Å². The van der Waals surface area contributed by atoms with Crippen molar-refractivity contribution >= 4 is 22.6 Å². The summed E-state index contributed by atoms with van der Waals surface area (Å²) in [6, 6.07) is 4.92. The maximum atomic E-state index is 12.5. The molecule has 0 bridgehead atoms. The Kier molecular flexibility index (Phi) is 4.17. The predicted molar refractivity (Wildman–Crippen MR) is 74.3 cm³/mol. The van der Waals surface area contributed by atoms with Gasteiger partial charge in [-0.05, 0) is 19.1 Å². The second-order valence-corrected chi connectivity index (χ2v) is 5.18. The van der Waals surface area contributed by atoms with Gasteiger partial charge in [-0.25, -0.2) is 0 Å². The zero-order valence-electron chi connectivity index (χ0n) is 10.1. The van der Waals surface area contributed by atoms with Gasteiger partial charge in [0.05, 0.1) is 11.3 Å². The van der Waals surface area contributed by atoms with Crippen LogP contribution in [0.2, 0.25) is 0 Å². The van der Waals surface area contributed by atoms with Crippen LogP contribution < -0.4 is 0 Å². The number of alkyl halides is 4. The fourth-order valence-electron chi connectivity index (χ4n) is 1.77. The zero-order valence-corrected chi connectivity index (χ0v) is 12.2. The van der Waals surface area contributed by atoms with Gasteiger partial charge >= 0.3 is 6.18 Å². The van der Waals surface area contributed by atoms with Crippen molar-refractivity contribution in [3.8, 4) is 11.3 Å². The van der Waals surface area contributed by atoms with Crippen molar-refractivity contribution in [1.29, 1.82) is 0 Å². The number of benzene rings is 1. The Balaban J connectivity index is 2.32. The Bertz CT molecular complexity index is 560. The van der Waals surface area contributed by atoms with Crippen LogP contribution in [0.25, 0.3) is 11.3 Å². The van der Waals surface area contributed by atoms with E-state index in [-0.39, 0.29) is 0 Å². The first-order valence-corrected chi connectivity index (χ1v) is 7.15. The highest BCUT2D eigenvalue weighted by Gasteiger charge is 2.30. The molecule has 0 aliphatic rings. The number of halogens is 4. The van der Waals surface area contributed by atoms with Crippen molar-refractivity contribution in [3.63, 3.8) is 0 Å². The maximum Gasteiger partial charge on any atom is 0.416 e. The van der Waals surface area contributed by atoms with Crippen molar-refractivity contribution in [1.82, 2.24) is 5.16 Å². The van der Waals surface area contributed by atoms with E-state index >= 15 is 0 Å². The number of hydrogen-bond donors (Lipinski definition) is 0. The summed E-state index contributed by atoms with van der Waals surface area (Å²) in [5.74, 6) is 0.536. The lowest BCUT2D eigenvalue weighted by Crippen LogP contribution is -2.03. The Morgan fingerprint density at radius 2 is 1.84 bits per heavy atom. The van der Waals surface area contributed by atoms with E-state index in [1.54, 1.807) is 0 Å². The summed E-state index contributed by atoms with van der Waals surface area (Å²) in [4.78, 5) is 0. The molecule has 0 N–H and O–H groups in total. The molecule has 1 aromatic heterocycles. The number of aromatic nitrogens is 1. The molecule has 0 spiro atoms. The summed E-state index contributed by atoms with van der Waals surface area (Å²) in [6.07, 6.45) is -3.53. The number of rotatable bonds is 3.